The van der Waals surface area contributed by atoms with E-state index >= 15 is 0 Å². The molecule has 3 amide bonds. The summed E-state index contributed by atoms with van der Waals surface area (Å²) < 4.78 is 10.6. The van der Waals surface area contributed by atoms with E-state index in [4.69, 9.17) is 14.5 Å². The van der Waals surface area contributed by atoms with Crippen LogP contribution in [0, 0.1) is 0 Å². The molecular formula is C31H31N5O5S. The third-order valence-electron chi connectivity index (χ3n) is 6.84. The van der Waals surface area contributed by atoms with Gasteiger partial charge in [-0.3, -0.25) is 19.4 Å². The van der Waals surface area contributed by atoms with Gasteiger partial charge in [-0.25, -0.2) is 9.89 Å². The summed E-state index contributed by atoms with van der Waals surface area (Å²) in [4.78, 5) is 50.7. The predicted octanol–water partition coefficient (Wildman–Crippen LogP) is 4.52. The van der Waals surface area contributed by atoms with Gasteiger partial charge in [0, 0.05) is 29.4 Å². The Morgan fingerprint density at radius 1 is 1.02 bits per heavy atom. The van der Waals surface area contributed by atoms with Crippen LogP contribution in [0.15, 0.2) is 82.8 Å². The van der Waals surface area contributed by atoms with E-state index in [1.165, 1.54) is 16.7 Å². The molecule has 5 rings (SSSR count). The molecule has 2 aliphatic rings. The molecule has 11 heteroatoms. The fraction of sp³-hybridized carbons (Fsp3) is 0.258. The Hall–Kier alpha value is -4.64. The Kier molecular flexibility index (Phi) is 8.87. The maximum absolute atomic E-state index is 13.7. The molecule has 3 aromatic rings. The zero-order valence-corrected chi connectivity index (χ0v) is 24.3. The van der Waals surface area contributed by atoms with Crippen molar-refractivity contribution >= 4 is 51.9 Å². The highest BCUT2D eigenvalue weighted by molar-refractivity contribution is 8.15. The molecule has 0 saturated carbocycles. The van der Waals surface area contributed by atoms with E-state index in [1.54, 1.807) is 38.5 Å². The molecule has 216 valence electrons. The molecule has 0 fully saturated rings. The molecule has 2 heterocycles. The van der Waals surface area contributed by atoms with E-state index < -0.39 is 11.3 Å². The van der Waals surface area contributed by atoms with E-state index in [-0.39, 0.29) is 30.7 Å². The first-order chi connectivity index (χ1) is 20.4. The number of benzene rings is 3. The number of amidine groups is 2. The number of aliphatic imine (C=N–C) groups is 2. The smallest absolute Gasteiger partial charge is 0.259 e. The van der Waals surface area contributed by atoms with Gasteiger partial charge in [-0.2, -0.15) is 0 Å². The van der Waals surface area contributed by atoms with Crippen LogP contribution in [-0.2, 0) is 20.9 Å². The van der Waals surface area contributed by atoms with Crippen molar-refractivity contribution < 1.29 is 23.9 Å². The normalized spacial score (nSPS) is 16.0. The number of fused-ring (bicyclic) bond motifs is 3. The zero-order valence-electron chi connectivity index (χ0n) is 23.5. The largest absolute Gasteiger partial charge is 0.497 e. The van der Waals surface area contributed by atoms with Crippen molar-refractivity contribution in [2.75, 3.05) is 19.5 Å². The maximum Gasteiger partial charge on any atom is 0.259 e. The molecule has 10 nitrogen and oxygen atoms in total. The first-order valence-electron chi connectivity index (χ1n) is 13.5. The van der Waals surface area contributed by atoms with Gasteiger partial charge in [0.05, 0.1) is 31.6 Å². The number of methoxy groups -OCH3 is 2. The first-order valence-corrected chi connectivity index (χ1v) is 14.4. The minimum atomic E-state index is -0.916. The highest BCUT2D eigenvalue weighted by Crippen LogP contribution is 2.36. The number of carbonyl (C=O) groups excluding carboxylic acids is 3. The highest BCUT2D eigenvalue weighted by atomic mass is 32.2. The number of hydrogen-bond donors (Lipinski definition) is 2. The van der Waals surface area contributed by atoms with Gasteiger partial charge in [0.2, 0.25) is 11.8 Å². The van der Waals surface area contributed by atoms with Crippen molar-refractivity contribution in [2.45, 2.75) is 37.6 Å². The van der Waals surface area contributed by atoms with Crippen LogP contribution in [-0.4, -0.2) is 59.1 Å². The van der Waals surface area contributed by atoms with Crippen molar-refractivity contribution in [1.82, 2.24) is 10.2 Å². The van der Waals surface area contributed by atoms with Crippen LogP contribution in [0.4, 0.5) is 11.4 Å². The van der Waals surface area contributed by atoms with Gasteiger partial charge in [0.15, 0.2) is 5.17 Å². The summed E-state index contributed by atoms with van der Waals surface area (Å²) in [6.45, 7) is 2.16. The molecule has 0 bridgehead atoms. The summed E-state index contributed by atoms with van der Waals surface area (Å²) in [5.74, 6) is 0.826. The first kappa shape index (κ1) is 28.9. The lowest BCUT2D eigenvalue weighted by Crippen LogP contribution is -2.43. The van der Waals surface area contributed by atoms with Crippen LogP contribution in [0.25, 0.3) is 0 Å². The van der Waals surface area contributed by atoms with Crippen molar-refractivity contribution in [1.29, 1.82) is 0 Å². The number of hydrogen-bond acceptors (Lipinski definition) is 8. The number of anilines is 1. The summed E-state index contributed by atoms with van der Waals surface area (Å²) in [6.07, 6.45) is 0.367. The molecule has 0 saturated heterocycles. The Balaban J connectivity index is 1.32. The van der Waals surface area contributed by atoms with E-state index in [9.17, 15) is 14.4 Å². The van der Waals surface area contributed by atoms with E-state index in [0.717, 1.165) is 5.56 Å². The van der Waals surface area contributed by atoms with Gasteiger partial charge in [0.1, 0.15) is 23.4 Å². The number of ether oxygens (including phenoxy) is 2. The number of rotatable bonds is 10. The lowest BCUT2D eigenvalue weighted by Gasteiger charge is -2.27. The van der Waals surface area contributed by atoms with Gasteiger partial charge < -0.3 is 20.1 Å². The molecular weight excluding hydrogens is 554 g/mol. The number of nitrogens with zero attached hydrogens (tertiary/aromatic N) is 3. The Bertz CT molecular complexity index is 1570. The van der Waals surface area contributed by atoms with Gasteiger partial charge >= 0.3 is 0 Å². The molecule has 2 aliphatic heterocycles. The number of para-hydroxylation sites is 2. The third-order valence-corrected chi connectivity index (χ3v) is 8.16. The van der Waals surface area contributed by atoms with Crippen LogP contribution in [0.5, 0.6) is 11.5 Å². The summed E-state index contributed by atoms with van der Waals surface area (Å²) in [7, 11) is 3.14. The fourth-order valence-corrected chi connectivity index (χ4v) is 5.70. The second-order valence-corrected chi connectivity index (χ2v) is 10.8. The van der Waals surface area contributed by atoms with Crippen LogP contribution in [0.3, 0.4) is 0 Å². The highest BCUT2D eigenvalue weighted by Gasteiger charge is 2.43. The standard InChI is InChI=1S/C31H31N5O5S/c1-4-26(29(38)33-20-11-9-12-21(16-20)40-2)42-31-35-23-14-7-6-13-22(23)28-34-24(30(39)36(28)31)17-27(37)32-18-19-10-5-8-15-25(19)41-3/h5-16,24,26H,4,17-18H2,1-3H3,(H,32,37)(H,33,38). The quantitative estimate of drug-likeness (QED) is 0.361. The maximum atomic E-state index is 13.7. The molecule has 3 aromatic carbocycles. The predicted molar refractivity (Wildman–Crippen MR) is 163 cm³/mol. The lowest BCUT2D eigenvalue weighted by molar-refractivity contribution is -0.128. The van der Waals surface area contributed by atoms with E-state index in [1.807, 2.05) is 55.5 Å². The Morgan fingerprint density at radius 2 is 1.81 bits per heavy atom. The minimum Gasteiger partial charge on any atom is -0.497 e. The van der Waals surface area contributed by atoms with Crippen LogP contribution >= 0.6 is 11.8 Å². The van der Waals surface area contributed by atoms with Crippen LogP contribution in [0.1, 0.15) is 30.9 Å². The number of amides is 3. The molecule has 0 aromatic heterocycles. The van der Waals surface area contributed by atoms with Gasteiger partial charge in [-0.15, -0.1) is 0 Å². The lowest BCUT2D eigenvalue weighted by atomic mass is 10.1. The number of carbonyl (C=O) groups is 3. The van der Waals surface area contributed by atoms with Crippen LogP contribution in [0.2, 0.25) is 0 Å². The summed E-state index contributed by atoms with van der Waals surface area (Å²) in [6, 6.07) is 21.0. The number of nitrogens with one attached hydrogen (secondary N) is 2. The monoisotopic (exact) mass is 585 g/mol. The van der Waals surface area contributed by atoms with E-state index in [2.05, 4.69) is 15.6 Å². The molecule has 0 spiro atoms. The Morgan fingerprint density at radius 3 is 2.60 bits per heavy atom. The van der Waals surface area contributed by atoms with Gasteiger partial charge in [-0.05, 0) is 36.8 Å². The van der Waals surface area contributed by atoms with Crippen molar-refractivity contribution in [3.63, 3.8) is 0 Å². The van der Waals surface area contributed by atoms with Crippen molar-refractivity contribution in [2.24, 2.45) is 9.98 Å². The van der Waals surface area contributed by atoms with Crippen LogP contribution < -0.4 is 20.1 Å². The molecule has 2 unspecified atom stereocenters. The van der Waals surface area contributed by atoms with Gasteiger partial charge in [-0.1, -0.05) is 55.1 Å². The summed E-state index contributed by atoms with van der Waals surface area (Å²) in [5, 5.41) is 5.60. The second-order valence-electron chi connectivity index (χ2n) is 9.58. The molecule has 2 N–H and O–H groups in total. The average Bonchev–Trinajstić information content (AvgIpc) is 3.34. The van der Waals surface area contributed by atoms with Gasteiger partial charge in [0.25, 0.3) is 5.91 Å². The summed E-state index contributed by atoms with van der Waals surface area (Å²) >= 11 is 1.20. The molecule has 2 atom stereocenters. The van der Waals surface area contributed by atoms with E-state index in [0.29, 0.717) is 45.9 Å². The zero-order chi connectivity index (χ0) is 29.6. The third kappa shape index (κ3) is 6.15. The molecule has 0 radical (unpaired) electrons. The average molecular weight is 586 g/mol. The second kappa shape index (κ2) is 12.9. The SMILES string of the molecule is CCC(SC1=Nc2ccccc2C2=NC(CC(=O)NCc3ccccc3OC)C(=O)N12)C(=O)Nc1cccc(OC)c1. The molecule has 42 heavy (non-hydrogen) atoms. The molecule has 0 aliphatic carbocycles. The topological polar surface area (TPSA) is 122 Å². The minimum absolute atomic E-state index is 0.123. The summed E-state index contributed by atoms with van der Waals surface area (Å²) in [5.41, 5.74) is 2.77. The Labute approximate surface area is 248 Å². The van der Waals surface area contributed by atoms with Crippen molar-refractivity contribution in [3.8, 4) is 11.5 Å². The number of thioether (sulfide) groups is 1. The van der Waals surface area contributed by atoms with Crippen molar-refractivity contribution in [3.05, 3.63) is 83.9 Å². The fourth-order valence-electron chi connectivity index (χ4n) is 4.68.